The highest BCUT2D eigenvalue weighted by molar-refractivity contribution is 7.94. The van der Waals surface area contributed by atoms with Crippen molar-refractivity contribution < 1.29 is 13.2 Å². The number of benzene rings is 1. The van der Waals surface area contributed by atoms with E-state index >= 15 is 0 Å². The molecule has 1 aromatic carbocycles. The lowest BCUT2D eigenvalue weighted by Gasteiger charge is -2.30. The van der Waals surface area contributed by atoms with E-state index in [0.717, 1.165) is 22.5 Å². The van der Waals surface area contributed by atoms with Crippen molar-refractivity contribution in [1.29, 1.82) is 0 Å². The Balaban J connectivity index is 1.83. The Labute approximate surface area is 159 Å². The average molecular weight is 393 g/mol. The third kappa shape index (κ3) is 4.10. The quantitative estimate of drug-likeness (QED) is 0.802. The third-order valence-electron chi connectivity index (χ3n) is 4.44. The molecule has 0 bridgehead atoms. The second-order valence-corrected chi connectivity index (χ2v) is 10.2. The fraction of sp³-hybridized carbons (Fsp3) is 0.421. The molecule has 0 spiro atoms. The first-order valence-corrected chi connectivity index (χ1v) is 11.1. The molecule has 2 heterocycles. The van der Waals surface area contributed by atoms with E-state index in [0.29, 0.717) is 35.2 Å². The summed E-state index contributed by atoms with van der Waals surface area (Å²) < 4.78 is 28.0. The van der Waals surface area contributed by atoms with E-state index in [4.69, 9.17) is 0 Å². The molecule has 0 atom stereocenters. The van der Waals surface area contributed by atoms with Crippen LogP contribution >= 0.6 is 11.3 Å². The summed E-state index contributed by atoms with van der Waals surface area (Å²) in [5.41, 5.74) is 2.45. The van der Waals surface area contributed by atoms with E-state index in [1.807, 2.05) is 24.0 Å². The highest BCUT2D eigenvalue weighted by Crippen LogP contribution is 2.32. The summed E-state index contributed by atoms with van der Waals surface area (Å²) in [5.74, 6) is 0.661. The zero-order chi connectivity index (χ0) is 18.9. The Morgan fingerprint density at radius 2 is 1.96 bits per heavy atom. The van der Waals surface area contributed by atoms with Gasteiger partial charge in [-0.2, -0.15) is 0 Å². The van der Waals surface area contributed by atoms with E-state index < -0.39 is 10.0 Å². The van der Waals surface area contributed by atoms with Gasteiger partial charge in [-0.25, -0.2) is 8.42 Å². The first-order valence-electron chi connectivity index (χ1n) is 8.79. The maximum atomic E-state index is 12.5. The number of amides is 1. The third-order valence-corrected chi connectivity index (χ3v) is 7.32. The van der Waals surface area contributed by atoms with Crippen LogP contribution in [0.2, 0.25) is 0 Å². The monoisotopic (exact) mass is 392 g/mol. The molecule has 5 nitrogen and oxygen atoms in total. The van der Waals surface area contributed by atoms with Crippen molar-refractivity contribution in [3.05, 3.63) is 40.8 Å². The summed E-state index contributed by atoms with van der Waals surface area (Å²) in [6, 6.07) is 8.85. The topological polar surface area (TPSA) is 66.5 Å². The lowest BCUT2D eigenvalue weighted by molar-refractivity contribution is -0.118. The highest BCUT2D eigenvalue weighted by atomic mass is 32.2. The second kappa shape index (κ2) is 7.40. The number of anilines is 2. The minimum atomic E-state index is -3.58. The lowest BCUT2D eigenvalue weighted by atomic mass is 9.99. The van der Waals surface area contributed by atoms with Crippen LogP contribution in [0.1, 0.15) is 37.1 Å². The maximum absolute atomic E-state index is 12.5. The number of carbonyl (C=O) groups excluding carboxylic acids is 1. The largest absolute Gasteiger partial charge is 0.312 e. The highest BCUT2D eigenvalue weighted by Gasteiger charge is 2.25. The summed E-state index contributed by atoms with van der Waals surface area (Å²) in [5, 5.41) is 0. The number of rotatable bonds is 6. The Kier molecular flexibility index (Phi) is 5.39. The number of aryl methyl sites for hydroxylation is 2. The van der Waals surface area contributed by atoms with Gasteiger partial charge in [-0.05, 0) is 61.6 Å². The molecule has 0 fully saturated rings. The second-order valence-electron chi connectivity index (χ2n) is 7.04. The average Bonchev–Trinajstić information content (AvgIpc) is 3.01. The Bertz CT molecular complexity index is 917. The van der Waals surface area contributed by atoms with Crippen LogP contribution in [0.4, 0.5) is 11.4 Å². The van der Waals surface area contributed by atoms with Gasteiger partial charge in [-0.15, -0.1) is 11.3 Å². The normalized spacial score (nSPS) is 14.6. The molecule has 2 aromatic rings. The standard InChI is InChI=1S/C19H24N2O3S2/c1-13(2)10-11-21-17-7-6-16(12-15(17)5-8-18(21)22)20-26(23,24)19-9-4-14(3)25-19/h4,6-7,9,12-13,20H,5,8,10-11H2,1-3H3. The fourth-order valence-corrected chi connectivity index (χ4v) is 5.35. The number of hydrogen-bond acceptors (Lipinski definition) is 4. The minimum absolute atomic E-state index is 0.139. The molecule has 0 saturated heterocycles. The van der Waals surface area contributed by atoms with Crippen LogP contribution in [0, 0.1) is 12.8 Å². The van der Waals surface area contributed by atoms with Gasteiger partial charge >= 0.3 is 0 Å². The Morgan fingerprint density at radius 1 is 1.19 bits per heavy atom. The number of carbonyl (C=O) groups is 1. The van der Waals surface area contributed by atoms with Gasteiger partial charge in [-0.3, -0.25) is 9.52 Å². The fourth-order valence-electron chi connectivity index (χ4n) is 3.02. The van der Waals surface area contributed by atoms with E-state index in [1.54, 1.807) is 18.2 Å². The summed E-state index contributed by atoms with van der Waals surface area (Å²) in [4.78, 5) is 15.1. The van der Waals surface area contributed by atoms with Gasteiger partial charge in [0.25, 0.3) is 10.0 Å². The van der Waals surface area contributed by atoms with Gasteiger partial charge in [0.2, 0.25) is 5.91 Å². The molecule has 7 heteroatoms. The van der Waals surface area contributed by atoms with Crippen LogP contribution in [0.25, 0.3) is 0 Å². The van der Waals surface area contributed by atoms with Crippen molar-refractivity contribution in [2.75, 3.05) is 16.2 Å². The lowest BCUT2D eigenvalue weighted by Crippen LogP contribution is -2.36. The molecule has 26 heavy (non-hydrogen) atoms. The first kappa shape index (κ1) is 18.9. The van der Waals surface area contributed by atoms with Crippen LogP contribution in [0.15, 0.2) is 34.5 Å². The van der Waals surface area contributed by atoms with Crippen molar-refractivity contribution in [2.24, 2.45) is 5.92 Å². The van der Waals surface area contributed by atoms with Crippen LogP contribution in [0.5, 0.6) is 0 Å². The van der Waals surface area contributed by atoms with Crippen LogP contribution < -0.4 is 9.62 Å². The smallest absolute Gasteiger partial charge is 0.271 e. The van der Waals surface area contributed by atoms with Crippen molar-refractivity contribution in [1.82, 2.24) is 0 Å². The van der Waals surface area contributed by atoms with Gasteiger partial charge in [0.05, 0.1) is 0 Å². The van der Waals surface area contributed by atoms with Crippen LogP contribution in [0.3, 0.4) is 0 Å². The van der Waals surface area contributed by atoms with Crippen LogP contribution in [-0.4, -0.2) is 20.9 Å². The van der Waals surface area contributed by atoms with Gasteiger partial charge in [0.1, 0.15) is 4.21 Å². The summed E-state index contributed by atoms with van der Waals surface area (Å²) >= 11 is 1.25. The summed E-state index contributed by atoms with van der Waals surface area (Å²) in [6.07, 6.45) is 2.04. The molecule has 0 aliphatic carbocycles. The summed E-state index contributed by atoms with van der Waals surface area (Å²) in [6.45, 7) is 6.85. The minimum Gasteiger partial charge on any atom is -0.312 e. The van der Waals surface area contributed by atoms with Gasteiger partial charge in [-0.1, -0.05) is 13.8 Å². The van der Waals surface area contributed by atoms with Crippen molar-refractivity contribution in [2.45, 2.75) is 44.2 Å². The number of thiophene rings is 1. The molecular weight excluding hydrogens is 368 g/mol. The molecule has 3 rings (SSSR count). The molecule has 0 unspecified atom stereocenters. The number of nitrogens with zero attached hydrogens (tertiary/aromatic N) is 1. The maximum Gasteiger partial charge on any atom is 0.271 e. The molecular formula is C19H24N2O3S2. The SMILES string of the molecule is Cc1ccc(S(=O)(=O)Nc2ccc3c(c2)CCC(=O)N3CCC(C)C)s1. The van der Waals surface area contributed by atoms with E-state index in [2.05, 4.69) is 18.6 Å². The number of fused-ring (bicyclic) bond motifs is 1. The Morgan fingerprint density at radius 3 is 2.62 bits per heavy atom. The molecule has 0 radical (unpaired) electrons. The predicted molar refractivity (Wildman–Crippen MR) is 106 cm³/mol. The zero-order valence-corrected chi connectivity index (χ0v) is 16.9. The van der Waals surface area contributed by atoms with E-state index in [1.165, 1.54) is 11.3 Å². The zero-order valence-electron chi connectivity index (χ0n) is 15.3. The Hall–Kier alpha value is -1.86. The van der Waals surface area contributed by atoms with E-state index in [9.17, 15) is 13.2 Å². The van der Waals surface area contributed by atoms with Crippen molar-refractivity contribution in [3.63, 3.8) is 0 Å². The molecule has 1 aliphatic rings. The van der Waals surface area contributed by atoms with Crippen LogP contribution in [-0.2, 0) is 21.2 Å². The first-order chi connectivity index (χ1) is 12.3. The van der Waals surface area contributed by atoms with E-state index in [-0.39, 0.29) is 5.91 Å². The van der Waals surface area contributed by atoms with Gasteiger partial charge in [0, 0.05) is 29.2 Å². The molecule has 1 aliphatic heterocycles. The molecule has 1 amide bonds. The van der Waals surface area contributed by atoms with Gasteiger partial charge in [0.15, 0.2) is 0 Å². The number of sulfonamides is 1. The van der Waals surface area contributed by atoms with Crippen molar-refractivity contribution >= 4 is 38.6 Å². The van der Waals surface area contributed by atoms with Crippen molar-refractivity contribution in [3.8, 4) is 0 Å². The predicted octanol–water partition coefficient (Wildman–Crippen LogP) is 4.18. The van der Waals surface area contributed by atoms with Gasteiger partial charge < -0.3 is 4.90 Å². The molecule has 140 valence electrons. The molecule has 1 aromatic heterocycles. The number of nitrogens with one attached hydrogen (secondary N) is 1. The molecule has 1 N–H and O–H groups in total. The molecule has 0 saturated carbocycles. The summed E-state index contributed by atoms with van der Waals surface area (Å²) in [7, 11) is -3.58. The number of hydrogen-bond donors (Lipinski definition) is 1.